The first kappa shape index (κ1) is 18.0. The predicted octanol–water partition coefficient (Wildman–Crippen LogP) is 3.54. The Morgan fingerprint density at radius 3 is 2.74 bits per heavy atom. The molecule has 0 saturated heterocycles. The molecule has 0 bridgehead atoms. The monoisotopic (exact) mass is 365 g/mol. The minimum absolute atomic E-state index is 0.0608. The maximum absolute atomic E-state index is 13.3. The van der Waals surface area contributed by atoms with Crippen molar-refractivity contribution in [3.8, 4) is 0 Å². The van der Waals surface area contributed by atoms with E-state index in [1.54, 1.807) is 11.1 Å². The van der Waals surface area contributed by atoms with Crippen molar-refractivity contribution in [3.63, 3.8) is 0 Å². The van der Waals surface area contributed by atoms with Crippen LogP contribution in [0.1, 0.15) is 59.7 Å². The van der Waals surface area contributed by atoms with Crippen molar-refractivity contribution in [2.45, 2.75) is 50.8 Å². The Labute approximate surface area is 160 Å². The molecular weight excluding hydrogens is 338 g/mol. The van der Waals surface area contributed by atoms with Crippen molar-refractivity contribution < 1.29 is 9.90 Å². The SMILES string of the molecule is CN(c1ncccc1C(=O)N1Cc2ccccc2[C@H](O)C1)C1CCCCC1. The van der Waals surface area contributed by atoms with Gasteiger partial charge in [0.05, 0.1) is 18.2 Å². The number of carbonyl (C=O) groups is 1. The number of benzene rings is 1. The van der Waals surface area contributed by atoms with Gasteiger partial charge in [-0.25, -0.2) is 4.98 Å². The maximum atomic E-state index is 13.3. The third-order valence-electron chi connectivity index (χ3n) is 5.93. The molecule has 1 aliphatic heterocycles. The third-order valence-corrected chi connectivity index (χ3v) is 5.93. The standard InChI is InChI=1S/C22H27N3O2/c1-24(17-9-3-2-4-10-17)21-19(12-7-13-23-21)22(27)25-14-16-8-5-6-11-18(16)20(26)15-25/h5-8,11-13,17,20,26H,2-4,9-10,14-15H2,1H3/t20-/m1/s1. The minimum atomic E-state index is -0.643. The van der Waals surface area contributed by atoms with Gasteiger partial charge in [-0.1, -0.05) is 43.5 Å². The lowest BCUT2D eigenvalue weighted by Crippen LogP contribution is -2.40. The summed E-state index contributed by atoms with van der Waals surface area (Å²) in [4.78, 5) is 21.8. The van der Waals surface area contributed by atoms with Gasteiger partial charge in [0, 0.05) is 25.8 Å². The number of nitrogens with zero attached hydrogens (tertiary/aromatic N) is 3. The fraction of sp³-hybridized carbons (Fsp3) is 0.455. The van der Waals surface area contributed by atoms with Crippen LogP contribution >= 0.6 is 0 Å². The summed E-state index contributed by atoms with van der Waals surface area (Å²) in [5, 5.41) is 10.5. The number of fused-ring (bicyclic) bond motifs is 1. The molecule has 1 amide bonds. The van der Waals surface area contributed by atoms with Crippen molar-refractivity contribution in [3.05, 3.63) is 59.3 Å². The first-order valence-electron chi connectivity index (χ1n) is 9.88. The molecule has 2 aliphatic rings. The Bertz CT molecular complexity index is 817. The Kier molecular flexibility index (Phi) is 5.12. The third kappa shape index (κ3) is 3.56. The van der Waals surface area contributed by atoms with Crippen molar-refractivity contribution >= 4 is 11.7 Å². The maximum Gasteiger partial charge on any atom is 0.258 e. The van der Waals surface area contributed by atoms with E-state index in [1.807, 2.05) is 36.4 Å². The molecule has 142 valence electrons. The molecule has 4 rings (SSSR count). The Morgan fingerprint density at radius 2 is 1.93 bits per heavy atom. The molecule has 1 aromatic carbocycles. The zero-order valence-electron chi connectivity index (χ0n) is 15.8. The second kappa shape index (κ2) is 7.69. The van der Waals surface area contributed by atoms with Crippen LogP contribution in [0.3, 0.4) is 0 Å². The Hall–Kier alpha value is -2.40. The van der Waals surface area contributed by atoms with Gasteiger partial charge in [0.25, 0.3) is 5.91 Å². The second-order valence-electron chi connectivity index (χ2n) is 7.68. The van der Waals surface area contributed by atoms with E-state index < -0.39 is 6.10 Å². The topological polar surface area (TPSA) is 56.7 Å². The molecule has 0 spiro atoms. The van der Waals surface area contributed by atoms with Crippen LogP contribution in [0.25, 0.3) is 0 Å². The van der Waals surface area contributed by atoms with E-state index in [4.69, 9.17) is 0 Å². The van der Waals surface area contributed by atoms with Gasteiger partial charge in [-0.2, -0.15) is 0 Å². The summed E-state index contributed by atoms with van der Waals surface area (Å²) >= 11 is 0. The van der Waals surface area contributed by atoms with Crippen LogP contribution in [0.15, 0.2) is 42.6 Å². The number of β-amino-alcohol motifs (C(OH)–C–C–N with tert-alkyl or cyclic N) is 1. The van der Waals surface area contributed by atoms with Crippen molar-refractivity contribution in [1.29, 1.82) is 0 Å². The van der Waals surface area contributed by atoms with Crippen molar-refractivity contribution in [2.75, 3.05) is 18.5 Å². The number of hydrogen-bond donors (Lipinski definition) is 1. The lowest BCUT2D eigenvalue weighted by molar-refractivity contribution is 0.0550. The average Bonchev–Trinajstić information content (AvgIpc) is 2.73. The molecule has 2 heterocycles. The van der Waals surface area contributed by atoms with Crippen LogP contribution in [0.2, 0.25) is 0 Å². The van der Waals surface area contributed by atoms with Crippen LogP contribution in [-0.4, -0.2) is 40.5 Å². The van der Waals surface area contributed by atoms with E-state index >= 15 is 0 Å². The normalized spacial score (nSPS) is 20.2. The molecule has 1 atom stereocenters. The number of aliphatic hydroxyl groups is 1. The number of hydrogen-bond acceptors (Lipinski definition) is 4. The van der Waals surface area contributed by atoms with Gasteiger partial charge in [0.1, 0.15) is 5.82 Å². The quantitative estimate of drug-likeness (QED) is 0.904. The number of aliphatic hydroxyl groups excluding tert-OH is 1. The van der Waals surface area contributed by atoms with Gasteiger partial charge < -0.3 is 14.9 Å². The molecular formula is C22H27N3O2. The summed E-state index contributed by atoms with van der Waals surface area (Å²) in [6.07, 6.45) is 7.18. The second-order valence-corrected chi connectivity index (χ2v) is 7.68. The van der Waals surface area contributed by atoms with Gasteiger partial charge in [-0.15, -0.1) is 0 Å². The summed E-state index contributed by atoms with van der Waals surface area (Å²) in [6, 6.07) is 11.9. The van der Waals surface area contributed by atoms with Crippen LogP contribution < -0.4 is 4.90 Å². The molecule has 2 aromatic rings. The van der Waals surface area contributed by atoms with E-state index in [1.165, 1.54) is 19.3 Å². The highest BCUT2D eigenvalue weighted by Crippen LogP contribution is 2.30. The van der Waals surface area contributed by atoms with E-state index in [-0.39, 0.29) is 5.91 Å². The first-order valence-corrected chi connectivity index (χ1v) is 9.88. The molecule has 1 aromatic heterocycles. The van der Waals surface area contributed by atoms with E-state index in [2.05, 4.69) is 16.9 Å². The van der Waals surface area contributed by atoms with Gasteiger partial charge in [0.15, 0.2) is 0 Å². The smallest absolute Gasteiger partial charge is 0.258 e. The molecule has 27 heavy (non-hydrogen) atoms. The molecule has 1 aliphatic carbocycles. The predicted molar refractivity (Wildman–Crippen MR) is 106 cm³/mol. The first-order chi connectivity index (χ1) is 13.1. The lowest BCUT2D eigenvalue weighted by Gasteiger charge is -2.35. The van der Waals surface area contributed by atoms with Gasteiger partial charge in [-0.05, 0) is 36.1 Å². The minimum Gasteiger partial charge on any atom is -0.387 e. The van der Waals surface area contributed by atoms with E-state index in [0.29, 0.717) is 24.7 Å². The molecule has 5 heteroatoms. The number of anilines is 1. The van der Waals surface area contributed by atoms with E-state index in [9.17, 15) is 9.90 Å². The number of rotatable bonds is 3. The highest BCUT2D eigenvalue weighted by Gasteiger charge is 2.30. The largest absolute Gasteiger partial charge is 0.387 e. The van der Waals surface area contributed by atoms with Crippen LogP contribution in [0.5, 0.6) is 0 Å². The summed E-state index contributed by atoms with van der Waals surface area (Å²) in [5.41, 5.74) is 2.56. The zero-order chi connectivity index (χ0) is 18.8. The molecule has 1 fully saturated rings. The summed E-state index contributed by atoms with van der Waals surface area (Å²) < 4.78 is 0. The summed E-state index contributed by atoms with van der Waals surface area (Å²) in [5.74, 6) is 0.692. The van der Waals surface area contributed by atoms with Gasteiger partial charge >= 0.3 is 0 Å². The highest BCUT2D eigenvalue weighted by atomic mass is 16.3. The number of aromatic nitrogens is 1. The fourth-order valence-electron chi connectivity index (χ4n) is 4.39. The molecule has 5 nitrogen and oxygen atoms in total. The Morgan fingerprint density at radius 1 is 1.15 bits per heavy atom. The lowest BCUT2D eigenvalue weighted by atomic mass is 9.94. The molecule has 1 saturated carbocycles. The molecule has 1 N–H and O–H groups in total. The average molecular weight is 365 g/mol. The zero-order valence-corrected chi connectivity index (χ0v) is 15.8. The van der Waals surface area contributed by atoms with Crippen LogP contribution in [0.4, 0.5) is 5.82 Å². The summed E-state index contributed by atoms with van der Waals surface area (Å²) in [7, 11) is 2.05. The van der Waals surface area contributed by atoms with Crippen molar-refractivity contribution in [2.24, 2.45) is 0 Å². The number of carbonyl (C=O) groups excluding carboxylic acids is 1. The fourth-order valence-corrected chi connectivity index (χ4v) is 4.39. The molecule has 0 unspecified atom stereocenters. The van der Waals surface area contributed by atoms with Gasteiger partial charge in [-0.3, -0.25) is 4.79 Å². The van der Waals surface area contributed by atoms with Gasteiger partial charge in [0.2, 0.25) is 0 Å². The summed E-state index contributed by atoms with van der Waals surface area (Å²) in [6.45, 7) is 0.838. The van der Waals surface area contributed by atoms with Crippen LogP contribution in [-0.2, 0) is 6.54 Å². The number of amides is 1. The van der Waals surface area contributed by atoms with E-state index in [0.717, 1.165) is 29.8 Å². The van der Waals surface area contributed by atoms with Crippen molar-refractivity contribution in [1.82, 2.24) is 9.88 Å². The molecule has 0 radical (unpaired) electrons. The highest BCUT2D eigenvalue weighted by molar-refractivity contribution is 5.99. The number of pyridine rings is 1. The Balaban J connectivity index is 1.59. The van der Waals surface area contributed by atoms with Crippen LogP contribution in [0, 0.1) is 0 Å².